The lowest BCUT2D eigenvalue weighted by Gasteiger charge is -2.05. The second-order valence-corrected chi connectivity index (χ2v) is 3.88. The first-order chi connectivity index (χ1) is 8.63. The van der Waals surface area contributed by atoms with Gasteiger partial charge >= 0.3 is 5.97 Å². The van der Waals surface area contributed by atoms with E-state index in [-0.39, 0.29) is 6.42 Å². The highest BCUT2D eigenvalue weighted by Gasteiger charge is 2.14. The minimum Gasteiger partial charge on any atom is -0.486 e. The number of carboxylic acids is 1. The molecule has 0 bridgehead atoms. The third-order valence-corrected chi connectivity index (χ3v) is 2.59. The average molecular weight is 246 g/mol. The standard InChI is InChI=1S/C13H14N2O3/c1-3-7-18-11-5-4-6-15-10(8-12(16)17)9(2)14-13(11)15/h3-6H,1,7-8H2,2H3,(H,16,17). The molecule has 0 unspecified atom stereocenters. The molecule has 0 saturated heterocycles. The maximum Gasteiger partial charge on any atom is 0.309 e. The van der Waals surface area contributed by atoms with Crippen molar-refractivity contribution in [1.82, 2.24) is 9.38 Å². The Hall–Kier alpha value is -2.30. The smallest absolute Gasteiger partial charge is 0.309 e. The Kier molecular flexibility index (Phi) is 3.32. The molecule has 2 heterocycles. The van der Waals surface area contributed by atoms with Crippen molar-refractivity contribution in [2.24, 2.45) is 0 Å². The van der Waals surface area contributed by atoms with Crippen molar-refractivity contribution in [3.8, 4) is 5.75 Å². The van der Waals surface area contributed by atoms with Crippen molar-refractivity contribution in [3.63, 3.8) is 0 Å². The van der Waals surface area contributed by atoms with Crippen LogP contribution >= 0.6 is 0 Å². The molecule has 0 saturated carbocycles. The first kappa shape index (κ1) is 12.2. The fourth-order valence-corrected chi connectivity index (χ4v) is 1.82. The van der Waals surface area contributed by atoms with Gasteiger partial charge in [-0.05, 0) is 19.1 Å². The van der Waals surface area contributed by atoms with Gasteiger partial charge in [-0.15, -0.1) is 0 Å². The lowest BCUT2D eigenvalue weighted by Crippen LogP contribution is -2.05. The fourth-order valence-electron chi connectivity index (χ4n) is 1.82. The number of aliphatic carboxylic acids is 1. The number of aryl methyl sites for hydroxylation is 1. The zero-order valence-corrected chi connectivity index (χ0v) is 10.1. The van der Waals surface area contributed by atoms with Crippen LogP contribution in [0.15, 0.2) is 31.0 Å². The van der Waals surface area contributed by atoms with Gasteiger partial charge < -0.3 is 14.2 Å². The number of rotatable bonds is 5. The highest BCUT2D eigenvalue weighted by Crippen LogP contribution is 2.22. The van der Waals surface area contributed by atoms with Gasteiger partial charge in [-0.25, -0.2) is 4.98 Å². The molecule has 94 valence electrons. The highest BCUT2D eigenvalue weighted by molar-refractivity contribution is 5.71. The Morgan fingerprint density at radius 1 is 1.67 bits per heavy atom. The monoisotopic (exact) mass is 246 g/mol. The van der Waals surface area contributed by atoms with Crippen molar-refractivity contribution >= 4 is 11.6 Å². The molecular formula is C13H14N2O3. The van der Waals surface area contributed by atoms with Crippen molar-refractivity contribution in [1.29, 1.82) is 0 Å². The molecule has 0 fully saturated rings. The molecule has 0 aliphatic rings. The number of hydrogen-bond acceptors (Lipinski definition) is 3. The van der Waals surface area contributed by atoms with Crippen LogP contribution in [-0.4, -0.2) is 27.1 Å². The van der Waals surface area contributed by atoms with E-state index in [0.717, 1.165) is 0 Å². The summed E-state index contributed by atoms with van der Waals surface area (Å²) in [5.41, 5.74) is 2.00. The Bertz CT molecular complexity index is 602. The molecule has 18 heavy (non-hydrogen) atoms. The normalized spacial score (nSPS) is 10.5. The van der Waals surface area contributed by atoms with E-state index < -0.39 is 5.97 Å². The summed E-state index contributed by atoms with van der Waals surface area (Å²) < 4.78 is 7.24. The lowest BCUT2D eigenvalue weighted by atomic mass is 10.2. The number of carbonyl (C=O) groups is 1. The van der Waals surface area contributed by atoms with E-state index in [4.69, 9.17) is 9.84 Å². The maximum atomic E-state index is 10.8. The summed E-state index contributed by atoms with van der Waals surface area (Å²) in [6.45, 7) is 5.77. The summed E-state index contributed by atoms with van der Waals surface area (Å²) in [6, 6.07) is 3.60. The number of hydrogen-bond donors (Lipinski definition) is 1. The minimum atomic E-state index is -0.877. The maximum absolute atomic E-state index is 10.8. The predicted molar refractivity (Wildman–Crippen MR) is 67.0 cm³/mol. The average Bonchev–Trinajstić information content (AvgIpc) is 2.64. The van der Waals surface area contributed by atoms with Crippen LogP contribution in [0.25, 0.3) is 5.65 Å². The highest BCUT2D eigenvalue weighted by atomic mass is 16.5. The summed E-state index contributed by atoms with van der Waals surface area (Å²) in [5.74, 6) is -0.255. The van der Waals surface area contributed by atoms with E-state index in [0.29, 0.717) is 29.4 Å². The van der Waals surface area contributed by atoms with Gasteiger partial charge in [0.15, 0.2) is 11.4 Å². The van der Waals surface area contributed by atoms with E-state index in [1.807, 2.05) is 0 Å². The summed E-state index contributed by atoms with van der Waals surface area (Å²) in [5, 5.41) is 8.89. The second-order valence-electron chi connectivity index (χ2n) is 3.88. The van der Waals surface area contributed by atoms with Crippen LogP contribution < -0.4 is 4.74 Å². The molecule has 0 aliphatic carbocycles. The van der Waals surface area contributed by atoms with E-state index in [2.05, 4.69) is 11.6 Å². The Morgan fingerprint density at radius 3 is 3.11 bits per heavy atom. The van der Waals surface area contributed by atoms with Crippen LogP contribution in [0.3, 0.4) is 0 Å². The van der Waals surface area contributed by atoms with E-state index in [1.54, 1.807) is 35.7 Å². The van der Waals surface area contributed by atoms with Crippen LogP contribution in [0.4, 0.5) is 0 Å². The number of fused-ring (bicyclic) bond motifs is 1. The number of carboxylic acid groups (broad SMARTS) is 1. The van der Waals surface area contributed by atoms with Crippen molar-refractivity contribution < 1.29 is 14.6 Å². The zero-order chi connectivity index (χ0) is 13.1. The van der Waals surface area contributed by atoms with Gasteiger partial charge in [0.25, 0.3) is 0 Å². The zero-order valence-electron chi connectivity index (χ0n) is 10.1. The van der Waals surface area contributed by atoms with Gasteiger partial charge in [0, 0.05) is 6.20 Å². The van der Waals surface area contributed by atoms with Crippen LogP contribution in [0.1, 0.15) is 11.4 Å². The van der Waals surface area contributed by atoms with Crippen LogP contribution in [0.2, 0.25) is 0 Å². The van der Waals surface area contributed by atoms with Crippen molar-refractivity contribution in [2.45, 2.75) is 13.3 Å². The van der Waals surface area contributed by atoms with Gasteiger partial charge in [-0.2, -0.15) is 0 Å². The third-order valence-electron chi connectivity index (χ3n) is 2.59. The summed E-state index contributed by atoms with van der Waals surface area (Å²) in [6.07, 6.45) is 3.38. The molecule has 0 aliphatic heterocycles. The number of aromatic nitrogens is 2. The summed E-state index contributed by atoms with van der Waals surface area (Å²) >= 11 is 0. The van der Waals surface area contributed by atoms with Crippen LogP contribution in [0, 0.1) is 6.92 Å². The summed E-state index contributed by atoms with van der Waals surface area (Å²) in [4.78, 5) is 15.2. The molecule has 0 radical (unpaired) electrons. The largest absolute Gasteiger partial charge is 0.486 e. The third kappa shape index (κ3) is 2.20. The van der Waals surface area contributed by atoms with Crippen molar-refractivity contribution in [2.75, 3.05) is 6.61 Å². The lowest BCUT2D eigenvalue weighted by molar-refractivity contribution is -0.136. The second kappa shape index (κ2) is 4.91. The van der Waals surface area contributed by atoms with Gasteiger partial charge in [0.1, 0.15) is 6.61 Å². The fraction of sp³-hybridized carbons (Fsp3) is 0.231. The Morgan fingerprint density at radius 2 is 2.44 bits per heavy atom. The molecule has 0 atom stereocenters. The molecule has 2 rings (SSSR count). The topological polar surface area (TPSA) is 63.8 Å². The van der Waals surface area contributed by atoms with Gasteiger partial charge in [0.2, 0.25) is 0 Å². The molecule has 2 aromatic heterocycles. The number of nitrogens with zero attached hydrogens (tertiary/aromatic N) is 2. The molecular weight excluding hydrogens is 232 g/mol. The first-order valence-corrected chi connectivity index (χ1v) is 5.55. The van der Waals surface area contributed by atoms with Crippen LogP contribution in [0.5, 0.6) is 5.75 Å². The van der Waals surface area contributed by atoms with E-state index in [1.165, 1.54) is 0 Å². The minimum absolute atomic E-state index is 0.0576. The van der Waals surface area contributed by atoms with Crippen LogP contribution in [-0.2, 0) is 11.2 Å². The molecule has 1 N–H and O–H groups in total. The first-order valence-electron chi connectivity index (χ1n) is 5.55. The number of pyridine rings is 1. The predicted octanol–water partition coefficient (Wildman–Crippen LogP) is 1.83. The van der Waals surface area contributed by atoms with E-state index in [9.17, 15) is 4.79 Å². The number of imidazole rings is 1. The molecule has 5 nitrogen and oxygen atoms in total. The SMILES string of the molecule is C=CCOc1cccn2c(CC(=O)O)c(C)nc12. The number of ether oxygens (including phenoxy) is 1. The quantitative estimate of drug-likeness (QED) is 0.817. The van der Waals surface area contributed by atoms with Gasteiger partial charge in [-0.3, -0.25) is 4.79 Å². The van der Waals surface area contributed by atoms with Gasteiger partial charge in [-0.1, -0.05) is 12.7 Å². The van der Waals surface area contributed by atoms with Crippen molar-refractivity contribution in [3.05, 3.63) is 42.4 Å². The molecule has 5 heteroatoms. The molecule has 2 aromatic rings. The molecule has 0 aromatic carbocycles. The molecule has 0 spiro atoms. The molecule has 0 amide bonds. The van der Waals surface area contributed by atoms with Gasteiger partial charge in [0.05, 0.1) is 17.8 Å². The Labute approximate surface area is 104 Å². The Balaban J connectivity index is 2.51. The van der Waals surface area contributed by atoms with E-state index >= 15 is 0 Å². The summed E-state index contributed by atoms with van der Waals surface area (Å²) in [7, 11) is 0.